The number of aromatic nitrogens is 4. The summed E-state index contributed by atoms with van der Waals surface area (Å²) in [6, 6.07) is 35.0. The summed E-state index contributed by atoms with van der Waals surface area (Å²) in [6.45, 7) is 0. The van der Waals surface area contributed by atoms with Crippen molar-refractivity contribution in [1.29, 1.82) is 0 Å². The molecule has 146 valence electrons. The standard InChI is InChI=1S/C27H18N4/c1-3-11-20(12-4-1)25-24(18-22-16-9-15-19-10-7-8-17-23(19)22)27-28-26(30-31(27)29-25)21-13-5-2-6-14-21/h1-18H/b24-18+. The molecule has 31 heavy (non-hydrogen) atoms. The van der Waals surface area contributed by atoms with E-state index in [0.717, 1.165) is 33.3 Å². The Morgan fingerprint density at radius 1 is 0.613 bits per heavy atom. The molecule has 0 aliphatic rings. The lowest BCUT2D eigenvalue weighted by Crippen LogP contribution is -2.04. The van der Waals surface area contributed by atoms with Crippen LogP contribution in [0.25, 0.3) is 45.1 Å². The second-order valence-electron chi connectivity index (χ2n) is 7.46. The van der Waals surface area contributed by atoms with Crippen LogP contribution in [-0.2, 0) is 0 Å². The van der Waals surface area contributed by atoms with E-state index in [1.54, 1.807) is 4.63 Å². The number of rotatable bonds is 3. The lowest BCUT2D eigenvalue weighted by molar-refractivity contribution is 0.828. The van der Waals surface area contributed by atoms with Gasteiger partial charge in [0.2, 0.25) is 0 Å². The van der Waals surface area contributed by atoms with Gasteiger partial charge in [0.1, 0.15) is 5.69 Å². The monoisotopic (exact) mass is 398 g/mol. The molecule has 4 nitrogen and oxygen atoms in total. The molecule has 0 bridgehead atoms. The van der Waals surface area contributed by atoms with Crippen LogP contribution in [-0.4, -0.2) is 19.8 Å². The number of nitrogens with zero attached hydrogens (tertiary/aromatic N) is 4. The molecule has 2 heterocycles. The van der Waals surface area contributed by atoms with E-state index in [1.165, 1.54) is 10.8 Å². The van der Waals surface area contributed by atoms with Gasteiger partial charge < -0.3 is 0 Å². The molecule has 0 aliphatic heterocycles. The molecule has 0 aliphatic carbocycles. The zero-order valence-electron chi connectivity index (χ0n) is 16.7. The molecule has 0 amide bonds. The molecule has 0 unspecified atom stereocenters. The first-order valence-electron chi connectivity index (χ1n) is 10.2. The highest BCUT2D eigenvalue weighted by Gasteiger charge is 2.15. The molecular formula is C27H18N4. The van der Waals surface area contributed by atoms with E-state index in [2.05, 4.69) is 65.8 Å². The van der Waals surface area contributed by atoms with Crippen LogP contribution in [0.1, 0.15) is 5.56 Å². The van der Waals surface area contributed by atoms with Gasteiger partial charge in [-0.05, 0) is 22.4 Å². The van der Waals surface area contributed by atoms with Gasteiger partial charge >= 0.3 is 0 Å². The Morgan fingerprint density at radius 3 is 2.10 bits per heavy atom. The van der Waals surface area contributed by atoms with Crippen molar-refractivity contribution in [3.05, 3.63) is 114 Å². The smallest absolute Gasteiger partial charge is 0.186 e. The molecule has 0 saturated carbocycles. The fourth-order valence-corrected chi connectivity index (χ4v) is 3.98. The molecule has 4 heteroatoms. The molecule has 0 spiro atoms. The van der Waals surface area contributed by atoms with Crippen LogP contribution < -0.4 is 5.22 Å². The second kappa shape index (κ2) is 7.18. The lowest BCUT2D eigenvalue weighted by Gasteiger charge is -2.02. The van der Waals surface area contributed by atoms with Crippen LogP contribution in [0.5, 0.6) is 0 Å². The van der Waals surface area contributed by atoms with E-state index in [9.17, 15) is 0 Å². The van der Waals surface area contributed by atoms with Crippen LogP contribution in [0.3, 0.4) is 0 Å². The van der Waals surface area contributed by atoms with Crippen molar-refractivity contribution >= 4 is 22.5 Å². The Hall–Kier alpha value is -4.31. The average Bonchev–Trinajstić information content (AvgIpc) is 3.40. The van der Waals surface area contributed by atoms with Gasteiger partial charge in [-0.15, -0.1) is 14.8 Å². The molecule has 4 aromatic carbocycles. The van der Waals surface area contributed by atoms with Crippen molar-refractivity contribution in [2.75, 3.05) is 0 Å². The van der Waals surface area contributed by atoms with Crippen molar-refractivity contribution in [3.8, 4) is 22.6 Å². The summed E-state index contributed by atoms with van der Waals surface area (Å²) in [5.74, 6) is 0.676. The van der Waals surface area contributed by atoms with Crippen LogP contribution in [0.4, 0.5) is 0 Å². The van der Waals surface area contributed by atoms with Crippen LogP contribution in [0, 0.1) is 0 Å². The molecule has 0 saturated heterocycles. The maximum atomic E-state index is 4.86. The molecule has 2 aromatic heterocycles. The van der Waals surface area contributed by atoms with Gasteiger partial charge in [0.15, 0.2) is 11.5 Å². The van der Waals surface area contributed by atoms with E-state index in [0.29, 0.717) is 5.82 Å². The van der Waals surface area contributed by atoms with Crippen LogP contribution >= 0.6 is 0 Å². The highest BCUT2D eigenvalue weighted by atomic mass is 15.5. The summed E-state index contributed by atoms with van der Waals surface area (Å²) in [7, 11) is 0. The van der Waals surface area contributed by atoms with E-state index in [1.807, 2.05) is 48.5 Å². The summed E-state index contributed by atoms with van der Waals surface area (Å²) in [5, 5.41) is 12.9. The Bertz CT molecular complexity index is 1560. The fourth-order valence-electron chi connectivity index (χ4n) is 3.98. The van der Waals surface area contributed by atoms with E-state index in [4.69, 9.17) is 10.1 Å². The van der Waals surface area contributed by atoms with Crippen LogP contribution in [0.15, 0.2) is 103 Å². The zero-order valence-corrected chi connectivity index (χ0v) is 16.7. The van der Waals surface area contributed by atoms with Crippen molar-refractivity contribution in [2.45, 2.75) is 0 Å². The molecule has 0 N–H and O–H groups in total. The quantitative estimate of drug-likeness (QED) is 0.414. The first-order chi connectivity index (χ1) is 15.4. The van der Waals surface area contributed by atoms with E-state index in [-0.39, 0.29) is 0 Å². The third-order valence-electron chi connectivity index (χ3n) is 5.48. The van der Waals surface area contributed by atoms with Crippen molar-refractivity contribution in [2.24, 2.45) is 0 Å². The Labute approximate surface area is 179 Å². The normalized spacial score (nSPS) is 12.1. The van der Waals surface area contributed by atoms with Gasteiger partial charge in [-0.2, -0.15) is 0 Å². The minimum atomic E-state index is 0.676. The lowest BCUT2D eigenvalue weighted by atomic mass is 10.0. The van der Waals surface area contributed by atoms with Gasteiger partial charge in [0.25, 0.3) is 0 Å². The summed E-state index contributed by atoms with van der Waals surface area (Å²) in [4.78, 5) is 4.86. The average molecular weight is 398 g/mol. The maximum Gasteiger partial charge on any atom is 0.186 e. The number of hydrogen-bond acceptors (Lipinski definition) is 3. The first-order valence-corrected chi connectivity index (χ1v) is 10.2. The largest absolute Gasteiger partial charge is 0.204 e. The summed E-state index contributed by atoms with van der Waals surface area (Å²) in [5.41, 5.74) is 4.79. The molecule has 6 rings (SSSR count). The Morgan fingerprint density at radius 2 is 1.29 bits per heavy atom. The summed E-state index contributed by atoms with van der Waals surface area (Å²) < 4.78 is 1.65. The van der Waals surface area contributed by atoms with Gasteiger partial charge in [0, 0.05) is 16.3 Å². The van der Waals surface area contributed by atoms with Crippen molar-refractivity contribution in [1.82, 2.24) is 19.8 Å². The predicted octanol–water partition coefficient (Wildman–Crippen LogP) is 5.16. The third-order valence-corrected chi connectivity index (χ3v) is 5.48. The molecule has 0 atom stereocenters. The minimum Gasteiger partial charge on any atom is -0.204 e. The molecule has 0 fully saturated rings. The zero-order chi connectivity index (χ0) is 20.6. The maximum absolute atomic E-state index is 4.86. The van der Waals surface area contributed by atoms with Crippen molar-refractivity contribution < 1.29 is 0 Å². The van der Waals surface area contributed by atoms with Crippen molar-refractivity contribution in [3.63, 3.8) is 0 Å². The number of benzene rings is 4. The SMILES string of the molecule is C(/c1cccc2ccccc12)=c1/c(-c2ccccc2)nn2nc(-c3ccccc3)nc12. The molecule has 0 radical (unpaired) electrons. The van der Waals surface area contributed by atoms with Gasteiger partial charge in [-0.1, -0.05) is 103 Å². The molecule has 6 aromatic rings. The number of fused-ring (bicyclic) bond motifs is 2. The minimum absolute atomic E-state index is 0.676. The second-order valence-corrected chi connectivity index (χ2v) is 7.46. The molecular weight excluding hydrogens is 380 g/mol. The van der Waals surface area contributed by atoms with Crippen LogP contribution in [0.2, 0.25) is 0 Å². The van der Waals surface area contributed by atoms with Gasteiger partial charge in [0.05, 0.1) is 0 Å². The summed E-state index contributed by atoms with van der Waals surface area (Å²) >= 11 is 0. The Kier molecular flexibility index (Phi) is 4.06. The van der Waals surface area contributed by atoms with Gasteiger partial charge in [-0.25, -0.2) is 4.98 Å². The number of hydrogen-bond donors (Lipinski definition) is 0. The Balaban J connectivity index is 1.65. The highest BCUT2D eigenvalue weighted by molar-refractivity contribution is 5.91. The van der Waals surface area contributed by atoms with Gasteiger partial charge in [-0.3, -0.25) is 0 Å². The van der Waals surface area contributed by atoms with E-state index >= 15 is 0 Å². The highest BCUT2D eigenvalue weighted by Crippen LogP contribution is 2.22. The predicted molar refractivity (Wildman–Crippen MR) is 124 cm³/mol. The third kappa shape index (κ3) is 3.06. The summed E-state index contributed by atoms with van der Waals surface area (Å²) in [6.07, 6.45) is 2.18. The topological polar surface area (TPSA) is 43.1 Å². The fraction of sp³-hybridized carbons (Fsp3) is 0. The van der Waals surface area contributed by atoms with E-state index < -0.39 is 0 Å². The first kappa shape index (κ1) is 17.5.